The minimum absolute atomic E-state index is 0.0401. The van der Waals surface area contributed by atoms with Gasteiger partial charge in [0, 0.05) is 24.7 Å². The largest absolute Gasteiger partial charge is 0.416 e. The quantitative estimate of drug-likeness (QED) is 0.377. The van der Waals surface area contributed by atoms with Crippen LogP contribution >= 0.6 is 11.8 Å². The zero-order chi connectivity index (χ0) is 24.6. The van der Waals surface area contributed by atoms with Crippen molar-refractivity contribution in [2.45, 2.75) is 45.0 Å². The van der Waals surface area contributed by atoms with Gasteiger partial charge >= 0.3 is 11.4 Å². The van der Waals surface area contributed by atoms with E-state index < -0.39 is 11.7 Å². The van der Waals surface area contributed by atoms with E-state index >= 15 is 0 Å². The molecule has 1 aliphatic heterocycles. The van der Waals surface area contributed by atoms with E-state index in [-0.39, 0.29) is 16.4 Å². The Balaban J connectivity index is 1.77. The molecule has 3 aromatic rings. The molecule has 180 valence electrons. The number of carbonyl (C=O) groups is 1. The number of nitrogens with zero attached hydrogens (tertiary/aromatic N) is 4. The molecule has 4 rings (SSSR count). The van der Waals surface area contributed by atoms with Crippen molar-refractivity contribution in [1.29, 1.82) is 0 Å². The number of hydrazone groups is 1. The van der Waals surface area contributed by atoms with Crippen molar-refractivity contribution in [2.24, 2.45) is 18.1 Å². The van der Waals surface area contributed by atoms with E-state index in [1.165, 1.54) is 22.8 Å². The molecular formula is C25H27F3N4OS. The molecule has 34 heavy (non-hydrogen) atoms. The van der Waals surface area contributed by atoms with Gasteiger partial charge in [0.1, 0.15) is 5.82 Å². The lowest BCUT2D eigenvalue weighted by atomic mass is 10.0. The van der Waals surface area contributed by atoms with Gasteiger partial charge in [-0.15, -0.1) is 0 Å². The normalized spacial score (nSPS) is 17.1. The molecular weight excluding hydrogens is 461 g/mol. The average Bonchev–Trinajstić information content (AvgIpc) is 3.11. The van der Waals surface area contributed by atoms with Gasteiger partial charge in [-0.2, -0.15) is 18.3 Å². The predicted molar refractivity (Wildman–Crippen MR) is 131 cm³/mol. The summed E-state index contributed by atoms with van der Waals surface area (Å²) in [5, 5.41) is 6.17. The third-order valence-corrected chi connectivity index (χ3v) is 6.86. The number of aryl methyl sites for hydroxylation is 1. The van der Waals surface area contributed by atoms with Gasteiger partial charge in [0.2, 0.25) is 0 Å². The minimum atomic E-state index is -4.42. The lowest BCUT2D eigenvalue weighted by Crippen LogP contribution is -2.37. The van der Waals surface area contributed by atoms with Gasteiger partial charge in [-0.25, -0.2) is 9.99 Å². The van der Waals surface area contributed by atoms with Crippen LogP contribution in [0, 0.1) is 5.92 Å². The van der Waals surface area contributed by atoms with Crippen LogP contribution in [0.15, 0.2) is 47.6 Å². The van der Waals surface area contributed by atoms with Gasteiger partial charge < -0.3 is 4.57 Å². The van der Waals surface area contributed by atoms with Crippen molar-refractivity contribution >= 4 is 33.7 Å². The van der Waals surface area contributed by atoms with Gasteiger partial charge in [-0.05, 0) is 36.6 Å². The van der Waals surface area contributed by atoms with Crippen LogP contribution in [0.3, 0.4) is 0 Å². The molecule has 0 saturated carbocycles. The lowest BCUT2D eigenvalue weighted by molar-refractivity contribution is -0.137. The monoisotopic (exact) mass is 488 g/mol. The average molecular weight is 489 g/mol. The zero-order valence-electron chi connectivity index (χ0n) is 19.6. The van der Waals surface area contributed by atoms with E-state index in [4.69, 9.17) is 5.10 Å². The van der Waals surface area contributed by atoms with Crippen LogP contribution in [0.5, 0.6) is 0 Å². The number of hydrogen-bond acceptors (Lipinski definition) is 4. The van der Waals surface area contributed by atoms with Crippen molar-refractivity contribution in [3.8, 4) is 11.4 Å². The van der Waals surface area contributed by atoms with Crippen molar-refractivity contribution in [2.75, 3.05) is 6.54 Å². The van der Waals surface area contributed by atoms with Crippen molar-refractivity contribution in [1.82, 2.24) is 14.6 Å². The molecule has 0 radical (unpaired) electrons. The molecule has 1 amide bonds. The summed E-state index contributed by atoms with van der Waals surface area (Å²) in [4.78, 5) is 17.3. The first-order valence-electron chi connectivity index (χ1n) is 11.3. The Morgan fingerprint density at radius 1 is 1.12 bits per heavy atom. The van der Waals surface area contributed by atoms with Crippen LogP contribution in [0.2, 0.25) is 0 Å². The lowest BCUT2D eigenvalue weighted by Gasteiger charge is -2.29. The molecule has 0 aliphatic carbocycles. The van der Waals surface area contributed by atoms with Crippen LogP contribution in [0.25, 0.3) is 22.4 Å². The molecule has 0 spiro atoms. The number of halogens is 3. The molecule has 0 saturated heterocycles. The Kier molecular flexibility index (Phi) is 6.75. The zero-order valence-corrected chi connectivity index (χ0v) is 20.4. The van der Waals surface area contributed by atoms with Gasteiger partial charge in [0.25, 0.3) is 0 Å². The first-order valence-corrected chi connectivity index (χ1v) is 12.2. The third kappa shape index (κ3) is 4.85. The van der Waals surface area contributed by atoms with Gasteiger partial charge in [0.15, 0.2) is 0 Å². The molecule has 2 aromatic carbocycles. The number of fused-ring (bicyclic) bond motifs is 1. The number of thioether (sulfide) groups is 1. The molecule has 5 nitrogen and oxygen atoms in total. The molecule has 0 bridgehead atoms. The smallest absolute Gasteiger partial charge is 0.327 e. The Bertz CT molecular complexity index is 1250. The first-order chi connectivity index (χ1) is 16.1. The van der Waals surface area contributed by atoms with Gasteiger partial charge in [-0.3, -0.25) is 4.79 Å². The second-order valence-corrected chi connectivity index (χ2v) is 10.1. The van der Waals surface area contributed by atoms with E-state index in [1.807, 2.05) is 32.0 Å². The Labute approximate surface area is 201 Å². The second-order valence-electron chi connectivity index (χ2n) is 8.90. The van der Waals surface area contributed by atoms with E-state index in [0.717, 1.165) is 41.8 Å². The summed E-state index contributed by atoms with van der Waals surface area (Å²) in [6.45, 7) is 6.70. The fourth-order valence-corrected chi connectivity index (χ4v) is 5.22. The number of benzene rings is 2. The molecule has 1 atom stereocenters. The SMILES string of the molecule is CCCC1SC(=O)N(CC(C)C)N=C1c1ccc2c(c1)nc(-c1cccc(C(F)(F)F)c1)n2C. The maximum Gasteiger partial charge on any atom is 0.416 e. The van der Waals surface area contributed by atoms with E-state index in [0.29, 0.717) is 23.4 Å². The number of imidazole rings is 1. The highest BCUT2D eigenvalue weighted by Crippen LogP contribution is 2.34. The summed E-state index contributed by atoms with van der Waals surface area (Å²) in [6.07, 6.45) is -2.68. The summed E-state index contributed by atoms with van der Waals surface area (Å²) in [7, 11) is 1.79. The highest BCUT2D eigenvalue weighted by atomic mass is 32.2. The molecule has 1 aromatic heterocycles. The predicted octanol–water partition coefficient (Wildman–Crippen LogP) is 6.96. The van der Waals surface area contributed by atoms with Crippen LogP contribution in [0.4, 0.5) is 18.0 Å². The molecule has 1 aliphatic rings. The number of aromatic nitrogens is 2. The van der Waals surface area contributed by atoms with Gasteiger partial charge in [-0.1, -0.05) is 57.2 Å². The second kappa shape index (κ2) is 9.44. The number of amides is 1. The van der Waals surface area contributed by atoms with Crippen molar-refractivity contribution < 1.29 is 18.0 Å². The Morgan fingerprint density at radius 2 is 1.88 bits per heavy atom. The topological polar surface area (TPSA) is 50.5 Å². The highest BCUT2D eigenvalue weighted by Gasteiger charge is 2.32. The molecule has 1 unspecified atom stereocenters. The number of carbonyl (C=O) groups excluding carboxylic acids is 1. The van der Waals surface area contributed by atoms with Crippen LogP contribution < -0.4 is 0 Å². The number of rotatable bonds is 6. The standard InChI is InChI=1S/C25H27F3N4OS/c1-5-7-21-22(30-32(14-15(2)3)24(33)34-21)16-10-11-20-19(13-16)29-23(31(20)4)17-8-6-9-18(12-17)25(26,27)28/h6,8-13,15,21H,5,7,14H2,1-4H3. The van der Waals surface area contributed by atoms with Crippen LogP contribution in [-0.2, 0) is 13.2 Å². The van der Waals surface area contributed by atoms with Crippen molar-refractivity contribution in [3.05, 3.63) is 53.6 Å². The summed E-state index contributed by atoms with van der Waals surface area (Å²) in [6, 6.07) is 11.0. The maximum atomic E-state index is 13.2. The minimum Gasteiger partial charge on any atom is -0.327 e. The fraction of sp³-hybridized carbons (Fsp3) is 0.400. The third-order valence-electron chi connectivity index (χ3n) is 5.70. The van der Waals surface area contributed by atoms with E-state index in [9.17, 15) is 18.0 Å². The fourth-order valence-electron chi connectivity index (χ4n) is 4.09. The first kappa shape index (κ1) is 24.3. The molecule has 9 heteroatoms. The van der Waals surface area contributed by atoms with Crippen molar-refractivity contribution in [3.63, 3.8) is 0 Å². The summed E-state index contributed by atoms with van der Waals surface area (Å²) in [5.41, 5.74) is 2.88. The Hall–Kier alpha value is -2.81. The van der Waals surface area contributed by atoms with E-state index in [1.54, 1.807) is 17.7 Å². The molecule has 0 N–H and O–H groups in total. The molecule has 0 fully saturated rings. The van der Waals surface area contributed by atoms with Crippen LogP contribution in [-0.4, -0.2) is 37.3 Å². The highest BCUT2D eigenvalue weighted by molar-refractivity contribution is 8.14. The number of hydrogen-bond donors (Lipinski definition) is 0. The van der Waals surface area contributed by atoms with Crippen LogP contribution in [0.1, 0.15) is 44.7 Å². The molecule has 2 heterocycles. The number of alkyl halides is 3. The summed E-state index contributed by atoms with van der Waals surface area (Å²) in [5.74, 6) is 0.741. The summed E-state index contributed by atoms with van der Waals surface area (Å²) >= 11 is 1.30. The summed E-state index contributed by atoms with van der Waals surface area (Å²) < 4.78 is 41.4. The maximum absolute atomic E-state index is 13.2. The van der Waals surface area contributed by atoms with E-state index in [2.05, 4.69) is 11.9 Å². The van der Waals surface area contributed by atoms with Gasteiger partial charge in [0.05, 0.1) is 27.6 Å². The Morgan fingerprint density at radius 3 is 2.56 bits per heavy atom.